The molecule has 0 aliphatic heterocycles. The fourth-order valence-electron chi connectivity index (χ4n) is 3.02. The van der Waals surface area contributed by atoms with E-state index < -0.39 is 0 Å². The van der Waals surface area contributed by atoms with Crippen molar-refractivity contribution in [1.82, 2.24) is 5.32 Å². The highest BCUT2D eigenvalue weighted by Crippen LogP contribution is 2.23. The number of methoxy groups -OCH3 is 1. The molecule has 7 nitrogen and oxygen atoms in total. The van der Waals surface area contributed by atoms with Crippen molar-refractivity contribution in [3.8, 4) is 0 Å². The lowest BCUT2D eigenvalue weighted by molar-refractivity contribution is 0.0936. The van der Waals surface area contributed by atoms with Crippen LogP contribution in [0.5, 0.6) is 0 Å². The fourth-order valence-corrected chi connectivity index (χ4v) is 3.29. The highest BCUT2D eigenvalue weighted by Gasteiger charge is 2.14. The Hall–Kier alpha value is -3.68. The van der Waals surface area contributed by atoms with Gasteiger partial charge in [0.25, 0.3) is 17.7 Å². The third kappa shape index (κ3) is 6.41. The van der Waals surface area contributed by atoms with Crippen LogP contribution in [0.2, 0.25) is 5.02 Å². The molecule has 0 saturated carbocycles. The first-order chi connectivity index (χ1) is 15.9. The van der Waals surface area contributed by atoms with Crippen LogP contribution in [-0.4, -0.2) is 38.0 Å². The number of hydrogen-bond donors (Lipinski definition) is 3. The summed E-state index contributed by atoms with van der Waals surface area (Å²) in [6, 6.07) is 18.5. The minimum Gasteiger partial charge on any atom is -0.383 e. The number of anilines is 2. The SMILES string of the molecule is COCCNC(=O)c1ccc(NC(=O)c2ccc(C)c(NC(=O)c3ccccc3)c2)cc1Cl. The van der Waals surface area contributed by atoms with Gasteiger partial charge in [-0.15, -0.1) is 0 Å². The summed E-state index contributed by atoms with van der Waals surface area (Å²) in [6.07, 6.45) is 0. The number of amides is 3. The van der Waals surface area contributed by atoms with Crippen molar-refractivity contribution < 1.29 is 19.1 Å². The monoisotopic (exact) mass is 465 g/mol. The van der Waals surface area contributed by atoms with Gasteiger partial charge in [0.15, 0.2) is 0 Å². The summed E-state index contributed by atoms with van der Waals surface area (Å²) in [4.78, 5) is 37.4. The maximum atomic E-state index is 12.8. The van der Waals surface area contributed by atoms with Crippen LogP contribution in [0.15, 0.2) is 66.7 Å². The number of benzene rings is 3. The first-order valence-corrected chi connectivity index (χ1v) is 10.6. The van der Waals surface area contributed by atoms with E-state index >= 15 is 0 Å². The van der Waals surface area contributed by atoms with Crippen molar-refractivity contribution in [3.63, 3.8) is 0 Å². The molecule has 3 rings (SSSR count). The van der Waals surface area contributed by atoms with Crippen LogP contribution < -0.4 is 16.0 Å². The standard InChI is InChI=1S/C25H24ClN3O4/c1-16-8-9-18(14-22(16)29-23(30)17-6-4-3-5-7-17)24(31)28-19-10-11-20(21(26)15-19)25(32)27-12-13-33-2/h3-11,14-15H,12-13H2,1-2H3,(H,27,32)(H,28,31)(H,29,30). The van der Waals surface area contributed by atoms with E-state index in [4.69, 9.17) is 16.3 Å². The molecule has 3 aromatic carbocycles. The molecule has 0 radical (unpaired) electrons. The van der Waals surface area contributed by atoms with Gasteiger partial charge in [0.2, 0.25) is 0 Å². The van der Waals surface area contributed by atoms with Gasteiger partial charge < -0.3 is 20.7 Å². The van der Waals surface area contributed by atoms with Gasteiger partial charge in [-0.3, -0.25) is 14.4 Å². The van der Waals surface area contributed by atoms with Crippen LogP contribution in [-0.2, 0) is 4.74 Å². The Morgan fingerprint density at radius 2 is 1.58 bits per heavy atom. The minimum absolute atomic E-state index is 0.211. The van der Waals surface area contributed by atoms with Gasteiger partial charge in [0, 0.05) is 36.2 Å². The molecule has 3 amide bonds. The topological polar surface area (TPSA) is 96.5 Å². The Morgan fingerprint density at radius 3 is 2.27 bits per heavy atom. The first-order valence-electron chi connectivity index (χ1n) is 10.2. The van der Waals surface area contributed by atoms with Gasteiger partial charge in [0.05, 0.1) is 17.2 Å². The molecule has 0 unspecified atom stereocenters. The second-order valence-corrected chi connectivity index (χ2v) is 7.65. The maximum absolute atomic E-state index is 12.8. The minimum atomic E-state index is -0.376. The van der Waals surface area contributed by atoms with Crippen LogP contribution in [0.1, 0.15) is 36.6 Å². The van der Waals surface area contributed by atoms with Crippen LogP contribution in [0, 0.1) is 6.92 Å². The summed E-state index contributed by atoms with van der Waals surface area (Å²) in [6.45, 7) is 2.60. The highest BCUT2D eigenvalue weighted by molar-refractivity contribution is 6.34. The molecule has 0 atom stereocenters. The van der Waals surface area contributed by atoms with Crippen molar-refractivity contribution in [2.75, 3.05) is 30.9 Å². The second-order valence-electron chi connectivity index (χ2n) is 7.25. The summed E-state index contributed by atoms with van der Waals surface area (Å²) in [5.41, 5.74) is 2.98. The predicted octanol–water partition coefficient (Wildman–Crippen LogP) is 4.53. The molecule has 3 N–H and O–H groups in total. The number of carbonyl (C=O) groups is 3. The van der Waals surface area contributed by atoms with Gasteiger partial charge >= 0.3 is 0 Å². The smallest absolute Gasteiger partial charge is 0.255 e. The second kappa shape index (κ2) is 11.3. The van der Waals surface area contributed by atoms with Crippen LogP contribution in [0.25, 0.3) is 0 Å². The average molecular weight is 466 g/mol. The Kier molecular flexibility index (Phi) is 8.18. The first kappa shape index (κ1) is 24.0. The lowest BCUT2D eigenvalue weighted by atomic mass is 10.1. The Labute approximate surface area is 197 Å². The van der Waals surface area contributed by atoms with Gasteiger partial charge in [-0.25, -0.2) is 0 Å². The molecule has 0 bridgehead atoms. The van der Waals surface area contributed by atoms with Crippen molar-refractivity contribution >= 4 is 40.7 Å². The zero-order valence-electron chi connectivity index (χ0n) is 18.3. The van der Waals surface area contributed by atoms with E-state index in [0.29, 0.717) is 41.2 Å². The third-order valence-corrected chi connectivity index (χ3v) is 5.16. The Balaban J connectivity index is 1.70. The van der Waals surface area contributed by atoms with Crippen LogP contribution in [0.3, 0.4) is 0 Å². The van der Waals surface area contributed by atoms with Gasteiger partial charge in [-0.05, 0) is 55.0 Å². The lowest BCUT2D eigenvalue weighted by Gasteiger charge is -2.12. The molecule has 170 valence electrons. The fraction of sp³-hybridized carbons (Fsp3) is 0.160. The largest absolute Gasteiger partial charge is 0.383 e. The molecule has 0 saturated heterocycles. The molecule has 0 aliphatic rings. The number of halogens is 1. The molecule has 3 aromatic rings. The van der Waals surface area contributed by atoms with Crippen molar-refractivity contribution in [2.24, 2.45) is 0 Å². The van der Waals surface area contributed by atoms with Gasteiger partial charge in [-0.2, -0.15) is 0 Å². The number of rotatable bonds is 8. The summed E-state index contributed by atoms with van der Waals surface area (Å²) in [5.74, 6) is -0.965. The number of aryl methyl sites for hydroxylation is 1. The Bertz CT molecular complexity index is 1170. The summed E-state index contributed by atoms with van der Waals surface area (Å²) >= 11 is 6.24. The predicted molar refractivity (Wildman–Crippen MR) is 129 cm³/mol. The normalized spacial score (nSPS) is 10.4. The van der Waals surface area contributed by atoms with E-state index in [1.807, 2.05) is 13.0 Å². The third-order valence-electron chi connectivity index (χ3n) is 4.85. The van der Waals surface area contributed by atoms with E-state index in [-0.39, 0.29) is 22.7 Å². The molecular weight excluding hydrogens is 442 g/mol. The highest BCUT2D eigenvalue weighted by atomic mass is 35.5. The van der Waals surface area contributed by atoms with E-state index in [0.717, 1.165) is 5.56 Å². The number of ether oxygens (including phenoxy) is 1. The van der Waals surface area contributed by atoms with E-state index in [1.165, 1.54) is 6.07 Å². The van der Waals surface area contributed by atoms with Crippen molar-refractivity contribution in [3.05, 3.63) is 94.0 Å². The van der Waals surface area contributed by atoms with E-state index in [1.54, 1.807) is 61.7 Å². The Morgan fingerprint density at radius 1 is 0.848 bits per heavy atom. The average Bonchev–Trinajstić information content (AvgIpc) is 2.81. The number of nitrogens with one attached hydrogen (secondary N) is 3. The summed E-state index contributed by atoms with van der Waals surface area (Å²) < 4.78 is 4.90. The van der Waals surface area contributed by atoms with Crippen molar-refractivity contribution in [1.29, 1.82) is 0 Å². The van der Waals surface area contributed by atoms with Crippen LogP contribution >= 0.6 is 11.6 Å². The number of hydrogen-bond acceptors (Lipinski definition) is 4. The zero-order chi connectivity index (χ0) is 23.8. The summed E-state index contributed by atoms with van der Waals surface area (Å²) in [7, 11) is 1.55. The molecule has 8 heteroatoms. The molecule has 0 spiro atoms. The van der Waals surface area contributed by atoms with Gasteiger partial charge in [0.1, 0.15) is 0 Å². The quantitative estimate of drug-likeness (QED) is 0.426. The lowest BCUT2D eigenvalue weighted by Crippen LogP contribution is -2.27. The summed E-state index contributed by atoms with van der Waals surface area (Å²) in [5, 5.41) is 8.51. The molecule has 33 heavy (non-hydrogen) atoms. The van der Waals surface area contributed by atoms with Gasteiger partial charge in [-0.1, -0.05) is 35.9 Å². The maximum Gasteiger partial charge on any atom is 0.255 e. The zero-order valence-corrected chi connectivity index (χ0v) is 19.0. The molecule has 0 fully saturated rings. The molecular formula is C25H24ClN3O4. The van der Waals surface area contributed by atoms with E-state index in [2.05, 4.69) is 16.0 Å². The van der Waals surface area contributed by atoms with E-state index in [9.17, 15) is 14.4 Å². The van der Waals surface area contributed by atoms with Crippen LogP contribution in [0.4, 0.5) is 11.4 Å². The molecule has 0 aromatic heterocycles. The number of carbonyl (C=O) groups excluding carboxylic acids is 3. The van der Waals surface area contributed by atoms with Crippen molar-refractivity contribution in [2.45, 2.75) is 6.92 Å². The molecule has 0 aliphatic carbocycles. The molecule has 0 heterocycles.